The number of carboxylic acid groups (broad SMARTS) is 1. The van der Waals surface area contributed by atoms with E-state index in [1.807, 2.05) is 30.3 Å². The highest BCUT2D eigenvalue weighted by Gasteiger charge is 2.07. The number of halogens is 1. The van der Waals surface area contributed by atoms with Crippen molar-refractivity contribution in [2.45, 2.75) is 6.92 Å². The molecule has 23 heavy (non-hydrogen) atoms. The molecule has 2 aromatic carbocycles. The summed E-state index contributed by atoms with van der Waals surface area (Å²) in [6.07, 6.45) is 3.30. The molecule has 0 aliphatic heterocycles. The fraction of sp³-hybridized carbons (Fsp3) is 0.0526. The van der Waals surface area contributed by atoms with Crippen molar-refractivity contribution in [3.63, 3.8) is 0 Å². The van der Waals surface area contributed by atoms with Gasteiger partial charge in [-0.15, -0.1) is 0 Å². The zero-order valence-electron chi connectivity index (χ0n) is 12.5. The van der Waals surface area contributed by atoms with Crippen LogP contribution in [0.2, 0.25) is 0 Å². The van der Waals surface area contributed by atoms with Crippen molar-refractivity contribution in [1.82, 2.24) is 4.98 Å². The Labute approximate surface area is 132 Å². The van der Waals surface area contributed by atoms with E-state index in [1.54, 1.807) is 25.3 Å². The molecule has 3 aromatic rings. The third-order valence-electron chi connectivity index (χ3n) is 3.63. The fourth-order valence-corrected chi connectivity index (χ4v) is 2.42. The van der Waals surface area contributed by atoms with Gasteiger partial charge in [0.1, 0.15) is 5.82 Å². The number of aliphatic carboxylic acids is 1. The highest BCUT2D eigenvalue weighted by molar-refractivity contribution is 5.97. The Morgan fingerprint density at radius 2 is 1.91 bits per heavy atom. The van der Waals surface area contributed by atoms with E-state index in [0.29, 0.717) is 0 Å². The number of carboxylic acids is 1. The number of hydrogen-bond acceptors (Lipinski definition) is 2. The Kier molecular flexibility index (Phi) is 3.89. The smallest absolute Gasteiger partial charge is 0.331 e. The maximum absolute atomic E-state index is 13.4. The van der Waals surface area contributed by atoms with Crippen molar-refractivity contribution in [2.75, 3.05) is 0 Å². The summed E-state index contributed by atoms with van der Waals surface area (Å²) in [5.74, 6) is -1.27. The number of rotatable bonds is 3. The molecule has 114 valence electrons. The third kappa shape index (κ3) is 3.11. The third-order valence-corrected chi connectivity index (χ3v) is 3.63. The molecule has 1 heterocycles. The van der Waals surface area contributed by atoms with Gasteiger partial charge in [-0.3, -0.25) is 4.98 Å². The lowest BCUT2D eigenvalue weighted by Gasteiger charge is -2.07. The van der Waals surface area contributed by atoms with Crippen LogP contribution in [0.4, 0.5) is 4.39 Å². The Bertz CT molecular complexity index is 932. The Hall–Kier alpha value is -3.01. The van der Waals surface area contributed by atoms with Crippen molar-refractivity contribution < 1.29 is 14.3 Å². The topological polar surface area (TPSA) is 50.2 Å². The van der Waals surface area contributed by atoms with Crippen LogP contribution in [-0.4, -0.2) is 16.1 Å². The van der Waals surface area contributed by atoms with Crippen LogP contribution in [0.25, 0.3) is 28.1 Å². The second-order valence-corrected chi connectivity index (χ2v) is 5.28. The average Bonchev–Trinajstić information content (AvgIpc) is 2.54. The largest absolute Gasteiger partial charge is 0.478 e. The highest BCUT2D eigenvalue weighted by Crippen LogP contribution is 2.26. The number of benzene rings is 2. The summed E-state index contributed by atoms with van der Waals surface area (Å²) in [7, 11) is 0. The lowest BCUT2D eigenvalue weighted by atomic mass is 10.0. The number of fused-ring (bicyclic) bond motifs is 1. The van der Waals surface area contributed by atoms with Crippen LogP contribution in [0.5, 0.6) is 0 Å². The summed E-state index contributed by atoms with van der Waals surface area (Å²) in [5.41, 5.74) is 3.29. The van der Waals surface area contributed by atoms with Gasteiger partial charge in [0.15, 0.2) is 0 Å². The minimum Gasteiger partial charge on any atom is -0.478 e. The molecule has 1 aromatic heterocycles. The first kappa shape index (κ1) is 14.9. The molecular weight excluding hydrogens is 293 g/mol. The lowest BCUT2D eigenvalue weighted by molar-refractivity contribution is -0.132. The monoisotopic (exact) mass is 307 g/mol. The number of pyridine rings is 1. The molecule has 3 nitrogen and oxygen atoms in total. The van der Waals surface area contributed by atoms with Gasteiger partial charge in [-0.2, -0.15) is 0 Å². The molecule has 0 saturated heterocycles. The first-order chi connectivity index (χ1) is 11.0. The Morgan fingerprint density at radius 1 is 1.13 bits per heavy atom. The number of nitrogens with zero attached hydrogens (tertiary/aromatic N) is 1. The molecule has 0 aliphatic rings. The minimum absolute atomic E-state index is 0.244. The van der Waals surface area contributed by atoms with Gasteiger partial charge < -0.3 is 5.11 Å². The summed E-state index contributed by atoms with van der Waals surface area (Å²) < 4.78 is 13.4. The minimum atomic E-state index is -0.962. The molecule has 1 N–H and O–H groups in total. The second-order valence-electron chi connectivity index (χ2n) is 5.28. The number of aromatic nitrogens is 1. The number of hydrogen-bond donors (Lipinski definition) is 1. The molecule has 0 unspecified atom stereocenters. The lowest BCUT2D eigenvalue weighted by Crippen LogP contribution is -1.95. The van der Waals surface area contributed by atoms with Crippen molar-refractivity contribution in [3.05, 3.63) is 71.7 Å². The van der Waals surface area contributed by atoms with Gasteiger partial charge in [-0.25, -0.2) is 9.18 Å². The SMILES string of the molecule is CC(=Cc1cccc2ncc(-c3cccc(F)c3)cc12)C(=O)O. The number of carbonyl (C=O) groups is 1. The van der Waals surface area contributed by atoms with Gasteiger partial charge in [0.25, 0.3) is 0 Å². The van der Waals surface area contributed by atoms with Crippen LogP contribution < -0.4 is 0 Å². The average molecular weight is 307 g/mol. The van der Waals surface area contributed by atoms with Gasteiger partial charge in [0.05, 0.1) is 5.52 Å². The molecule has 0 saturated carbocycles. The quantitative estimate of drug-likeness (QED) is 0.723. The predicted molar refractivity (Wildman–Crippen MR) is 88.4 cm³/mol. The maximum Gasteiger partial charge on any atom is 0.331 e. The van der Waals surface area contributed by atoms with Crippen molar-refractivity contribution >= 4 is 22.9 Å². The van der Waals surface area contributed by atoms with E-state index in [-0.39, 0.29) is 11.4 Å². The van der Waals surface area contributed by atoms with Gasteiger partial charge >= 0.3 is 5.97 Å². The van der Waals surface area contributed by atoms with Crippen LogP contribution >= 0.6 is 0 Å². The first-order valence-corrected chi connectivity index (χ1v) is 7.11. The van der Waals surface area contributed by atoms with E-state index < -0.39 is 5.97 Å². The van der Waals surface area contributed by atoms with Crippen LogP contribution in [0.15, 0.2) is 60.3 Å². The molecule has 0 radical (unpaired) electrons. The molecule has 0 spiro atoms. The van der Waals surface area contributed by atoms with E-state index >= 15 is 0 Å². The van der Waals surface area contributed by atoms with E-state index in [2.05, 4.69) is 4.98 Å². The van der Waals surface area contributed by atoms with E-state index in [0.717, 1.165) is 27.6 Å². The van der Waals surface area contributed by atoms with Gasteiger partial charge in [-0.05, 0) is 48.4 Å². The zero-order chi connectivity index (χ0) is 16.4. The van der Waals surface area contributed by atoms with Gasteiger partial charge in [-0.1, -0.05) is 24.3 Å². The first-order valence-electron chi connectivity index (χ1n) is 7.11. The van der Waals surface area contributed by atoms with Crippen molar-refractivity contribution in [1.29, 1.82) is 0 Å². The van der Waals surface area contributed by atoms with Crippen molar-refractivity contribution in [2.24, 2.45) is 0 Å². The van der Waals surface area contributed by atoms with Crippen LogP contribution in [-0.2, 0) is 4.79 Å². The second kappa shape index (κ2) is 6.01. The Balaban J connectivity index is 2.18. The van der Waals surface area contributed by atoms with Crippen LogP contribution in [0.3, 0.4) is 0 Å². The van der Waals surface area contributed by atoms with Gasteiger partial charge in [0.2, 0.25) is 0 Å². The molecule has 0 aliphatic carbocycles. The summed E-state index contributed by atoms with van der Waals surface area (Å²) in [6, 6.07) is 13.7. The maximum atomic E-state index is 13.4. The summed E-state index contributed by atoms with van der Waals surface area (Å²) in [5, 5.41) is 9.88. The van der Waals surface area contributed by atoms with Crippen LogP contribution in [0.1, 0.15) is 12.5 Å². The summed E-state index contributed by atoms with van der Waals surface area (Å²) >= 11 is 0. The summed E-state index contributed by atoms with van der Waals surface area (Å²) in [4.78, 5) is 15.4. The predicted octanol–water partition coefficient (Wildman–Crippen LogP) is 4.53. The standard InChI is InChI=1S/C19H14FNO2/c1-12(19(22)23)8-14-5-3-7-18-17(14)10-15(11-21-18)13-4-2-6-16(20)9-13/h2-11H,1H3,(H,22,23). The molecule has 0 amide bonds. The van der Waals surface area contributed by atoms with E-state index in [4.69, 9.17) is 5.11 Å². The molecule has 4 heteroatoms. The molecule has 0 atom stereocenters. The highest BCUT2D eigenvalue weighted by atomic mass is 19.1. The zero-order valence-corrected chi connectivity index (χ0v) is 12.5. The molecule has 0 fully saturated rings. The molecular formula is C19H14FNO2. The van der Waals surface area contributed by atoms with Crippen LogP contribution in [0, 0.1) is 5.82 Å². The van der Waals surface area contributed by atoms with E-state index in [1.165, 1.54) is 12.1 Å². The normalized spacial score (nSPS) is 11.7. The molecule has 0 bridgehead atoms. The molecule has 3 rings (SSSR count). The van der Waals surface area contributed by atoms with Gasteiger partial charge in [0, 0.05) is 22.7 Å². The Morgan fingerprint density at radius 3 is 2.65 bits per heavy atom. The van der Waals surface area contributed by atoms with E-state index in [9.17, 15) is 9.18 Å². The fourth-order valence-electron chi connectivity index (χ4n) is 2.42. The van der Waals surface area contributed by atoms with Crippen molar-refractivity contribution in [3.8, 4) is 11.1 Å². The summed E-state index contributed by atoms with van der Waals surface area (Å²) in [6.45, 7) is 1.55.